The average molecular weight is 330 g/mol. The maximum Gasteiger partial charge on any atom is 0.312 e. The van der Waals surface area contributed by atoms with E-state index in [1.807, 2.05) is 13.8 Å². The van der Waals surface area contributed by atoms with Crippen LogP contribution in [0.4, 0.5) is 5.69 Å². The number of nitrogens with one attached hydrogen (secondary N) is 1. The van der Waals surface area contributed by atoms with Crippen LogP contribution in [0.25, 0.3) is 0 Å². The molecule has 6 nitrogen and oxygen atoms in total. The number of benzene rings is 1. The van der Waals surface area contributed by atoms with Gasteiger partial charge in [0.05, 0.1) is 17.4 Å². The molecule has 1 aromatic carbocycles. The topological polar surface area (TPSA) is 102 Å². The van der Waals surface area contributed by atoms with Crippen LogP contribution in [0, 0.1) is 20.9 Å². The molecule has 0 spiro atoms. The van der Waals surface area contributed by atoms with Crippen LogP contribution in [0.15, 0.2) is 22.7 Å². The molecule has 0 atom stereocenters. The Morgan fingerprint density at radius 2 is 2.21 bits per heavy atom. The molecule has 0 radical (unpaired) electrons. The molecule has 1 rings (SSSR count). The van der Waals surface area contributed by atoms with Gasteiger partial charge in [-0.15, -0.1) is 0 Å². The molecule has 0 aliphatic carbocycles. The van der Waals surface area contributed by atoms with E-state index in [0.29, 0.717) is 10.9 Å². The molecule has 0 heterocycles. The van der Waals surface area contributed by atoms with Gasteiger partial charge in [0, 0.05) is 16.0 Å². The quantitative estimate of drug-likeness (QED) is 0.362. The second-order valence-corrected chi connectivity index (χ2v) is 5.68. The molecule has 7 heteroatoms. The molecule has 0 amide bonds. The van der Waals surface area contributed by atoms with Crippen molar-refractivity contribution >= 4 is 27.5 Å². The minimum atomic E-state index is -0.490. The third-order valence-corrected chi connectivity index (χ3v) is 3.32. The van der Waals surface area contributed by atoms with Gasteiger partial charge in [0.25, 0.3) is 0 Å². The average Bonchev–Trinajstić information content (AvgIpc) is 2.30. The van der Waals surface area contributed by atoms with E-state index in [-0.39, 0.29) is 23.9 Å². The van der Waals surface area contributed by atoms with Crippen LogP contribution >= 0.6 is 15.9 Å². The van der Waals surface area contributed by atoms with E-state index in [1.165, 1.54) is 6.07 Å². The molecule has 0 fully saturated rings. The molecule has 0 aliphatic rings. The number of hydrogen-bond acceptors (Lipinski definition) is 4. The lowest BCUT2D eigenvalue weighted by atomic mass is 9.88. The molecule has 19 heavy (non-hydrogen) atoms. The molecule has 3 N–H and O–H groups in total. The van der Waals surface area contributed by atoms with E-state index >= 15 is 0 Å². The predicted molar refractivity (Wildman–Crippen MR) is 76.6 cm³/mol. The maximum absolute atomic E-state index is 10.9. The maximum atomic E-state index is 10.9. The van der Waals surface area contributed by atoms with Crippen LogP contribution in [0.3, 0.4) is 0 Å². The lowest BCUT2D eigenvalue weighted by molar-refractivity contribution is -0.386. The minimum Gasteiger partial charge on any atom is -0.487 e. The van der Waals surface area contributed by atoms with E-state index < -0.39 is 10.3 Å². The molecule has 1 aromatic rings. The number of hydrogen-bond donors (Lipinski definition) is 2. The first-order chi connectivity index (χ1) is 8.74. The highest BCUT2D eigenvalue weighted by atomic mass is 79.9. The van der Waals surface area contributed by atoms with Gasteiger partial charge in [-0.3, -0.25) is 15.5 Å². The fraction of sp³-hybridized carbons (Fsp3) is 0.417. The van der Waals surface area contributed by atoms with Crippen molar-refractivity contribution in [1.82, 2.24) is 0 Å². The third-order valence-electron chi connectivity index (χ3n) is 2.83. The molecule has 0 aliphatic heterocycles. The summed E-state index contributed by atoms with van der Waals surface area (Å²) in [5, 5.41) is 18.3. The van der Waals surface area contributed by atoms with Crippen LogP contribution < -0.4 is 10.5 Å². The fourth-order valence-electron chi connectivity index (χ4n) is 1.31. The van der Waals surface area contributed by atoms with Crippen molar-refractivity contribution in [2.45, 2.75) is 20.3 Å². The lowest BCUT2D eigenvalue weighted by Gasteiger charge is -2.22. The minimum absolute atomic E-state index is 0.0707. The van der Waals surface area contributed by atoms with Crippen molar-refractivity contribution < 1.29 is 9.66 Å². The molecule has 0 unspecified atom stereocenters. The zero-order valence-electron chi connectivity index (χ0n) is 10.8. The largest absolute Gasteiger partial charge is 0.487 e. The molecular weight excluding hydrogens is 314 g/mol. The predicted octanol–water partition coefficient (Wildman–Crippen LogP) is 3.09. The molecule has 0 aromatic heterocycles. The fourth-order valence-corrected chi connectivity index (χ4v) is 1.66. The highest BCUT2D eigenvalue weighted by Gasteiger charge is 2.22. The zero-order valence-corrected chi connectivity index (χ0v) is 12.4. The summed E-state index contributed by atoms with van der Waals surface area (Å²) in [5.41, 5.74) is 4.89. The molecule has 0 bridgehead atoms. The first-order valence-electron chi connectivity index (χ1n) is 5.65. The first kappa shape index (κ1) is 15.4. The van der Waals surface area contributed by atoms with Gasteiger partial charge in [-0.1, -0.05) is 29.8 Å². The van der Waals surface area contributed by atoms with E-state index in [9.17, 15) is 10.1 Å². The summed E-state index contributed by atoms with van der Waals surface area (Å²) < 4.78 is 6.05. The number of nitro benzene ring substituents is 1. The Morgan fingerprint density at radius 1 is 1.58 bits per heavy atom. The molecule has 104 valence electrons. The number of nitrogens with zero attached hydrogens (tertiary/aromatic N) is 1. The van der Waals surface area contributed by atoms with Crippen LogP contribution in [0.2, 0.25) is 0 Å². The summed E-state index contributed by atoms with van der Waals surface area (Å²) in [6.07, 6.45) is 0.509. The Balaban J connectivity index is 2.74. The lowest BCUT2D eigenvalue weighted by Crippen LogP contribution is -2.32. The van der Waals surface area contributed by atoms with Gasteiger partial charge in [0.1, 0.15) is 0 Å². The SMILES string of the molecule is CC(C)(CCOc1ccc(Br)cc1[N+](=O)[O-])C(=N)N. The number of amidine groups is 1. The second kappa shape index (κ2) is 6.01. The first-order valence-corrected chi connectivity index (χ1v) is 6.44. The van der Waals surface area contributed by atoms with Gasteiger partial charge in [0.15, 0.2) is 5.75 Å². The van der Waals surface area contributed by atoms with E-state index in [0.717, 1.165) is 0 Å². The van der Waals surface area contributed by atoms with Crippen molar-refractivity contribution in [2.75, 3.05) is 6.61 Å². The second-order valence-electron chi connectivity index (χ2n) is 4.77. The number of nitrogens with two attached hydrogens (primary N) is 1. The number of rotatable bonds is 6. The van der Waals surface area contributed by atoms with Gasteiger partial charge < -0.3 is 10.5 Å². The summed E-state index contributed by atoms with van der Waals surface area (Å²) >= 11 is 3.18. The van der Waals surface area contributed by atoms with Gasteiger partial charge in [-0.2, -0.15) is 0 Å². The zero-order chi connectivity index (χ0) is 14.6. The van der Waals surface area contributed by atoms with E-state index in [4.69, 9.17) is 15.9 Å². The monoisotopic (exact) mass is 329 g/mol. The number of halogens is 1. The summed E-state index contributed by atoms with van der Waals surface area (Å²) in [5.74, 6) is 0.286. The Kier molecular flexibility index (Phi) is 4.88. The van der Waals surface area contributed by atoms with Crippen molar-refractivity contribution in [3.63, 3.8) is 0 Å². The normalized spacial score (nSPS) is 11.1. The van der Waals surface area contributed by atoms with Crippen LogP contribution in [0.1, 0.15) is 20.3 Å². The molecular formula is C12H16BrN3O3. The van der Waals surface area contributed by atoms with Gasteiger partial charge in [-0.25, -0.2) is 0 Å². The highest BCUT2D eigenvalue weighted by molar-refractivity contribution is 9.10. The van der Waals surface area contributed by atoms with Gasteiger partial charge in [0.2, 0.25) is 0 Å². The van der Waals surface area contributed by atoms with E-state index in [1.54, 1.807) is 12.1 Å². The van der Waals surface area contributed by atoms with Gasteiger partial charge >= 0.3 is 5.69 Å². The van der Waals surface area contributed by atoms with Crippen LogP contribution in [-0.2, 0) is 0 Å². The smallest absolute Gasteiger partial charge is 0.312 e. The molecule has 0 saturated carbocycles. The van der Waals surface area contributed by atoms with Gasteiger partial charge in [-0.05, 0) is 18.6 Å². The summed E-state index contributed by atoms with van der Waals surface area (Å²) in [7, 11) is 0. The number of ether oxygens (including phenoxy) is 1. The summed E-state index contributed by atoms with van der Waals surface area (Å²) in [6, 6.07) is 4.62. The van der Waals surface area contributed by atoms with E-state index in [2.05, 4.69) is 15.9 Å². The van der Waals surface area contributed by atoms with Crippen LogP contribution in [-0.4, -0.2) is 17.4 Å². The van der Waals surface area contributed by atoms with Crippen molar-refractivity contribution in [3.8, 4) is 5.75 Å². The Bertz CT molecular complexity index is 503. The third kappa shape index (κ3) is 4.20. The van der Waals surface area contributed by atoms with Crippen LogP contribution in [0.5, 0.6) is 5.75 Å². The number of nitro groups is 1. The highest BCUT2D eigenvalue weighted by Crippen LogP contribution is 2.31. The molecule has 0 saturated heterocycles. The Labute approximate surface area is 119 Å². The van der Waals surface area contributed by atoms with Crippen molar-refractivity contribution in [1.29, 1.82) is 5.41 Å². The summed E-state index contributed by atoms with van der Waals surface area (Å²) in [6.45, 7) is 3.92. The Morgan fingerprint density at radius 3 is 2.74 bits per heavy atom. The Hall–Kier alpha value is -1.63. The standard InChI is InChI=1S/C12H16BrN3O3/c1-12(2,11(14)15)5-6-19-10-4-3-8(13)7-9(10)16(17)18/h3-4,7H,5-6H2,1-2H3,(H3,14,15). The summed E-state index contributed by atoms with van der Waals surface area (Å²) in [4.78, 5) is 10.4. The van der Waals surface area contributed by atoms with Crippen molar-refractivity contribution in [3.05, 3.63) is 32.8 Å². The van der Waals surface area contributed by atoms with Crippen molar-refractivity contribution in [2.24, 2.45) is 11.1 Å².